The molecule has 136 valence electrons. The van der Waals surface area contributed by atoms with Crippen molar-refractivity contribution in [2.75, 3.05) is 0 Å². The first-order valence-corrected chi connectivity index (χ1v) is 8.97. The van der Waals surface area contributed by atoms with E-state index in [1.54, 1.807) is 24.4 Å². The van der Waals surface area contributed by atoms with Gasteiger partial charge in [-0.1, -0.05) is 17.7 Å². The minimum atomic E-state index is -0.939. The summed E-state index contributed by atoms with van der Waals surface area (Å²) >= 11 is 7.09. The van der Waals surface area contributed by atoms with Gasteiger partial charge in [-0.05, 0) is 18.2 Å². The lowest BCUT2D eigenvalue weighted by Crippen LogP contribution is -2.41. The molecule has 1 N–H and O–H groups in total. The summed E-state index contributed by atoms with van der Waals surface area (Å²) < 4.78 is 30.7. The molecule has 9 heteroatoms. The van der Waals surface area contributed by atoms with Gasteiger partial charge in [0.15, 0.2) is 10.0 Å². The van der Waals surface area contributed by atoms with Gasteiger partial charge in [0.1, 0.15) is 18.2 Å². The summed E-state index contributed by atoms with van der Waals surface area (Å²) in [5.41, 5.74) is -0.664. The Morgan fingerprint density at radius 2 is 2.07 bits per heavy atom. The van der Waals surface area contributed by atoms with Crippen LogP contribution in [0.15, 0.2) is 53.6 Å². The van der Waals surface area contributed by atoms with E-state index in [2.05, 4.69) is 4.98 Å². The number of fused-ring (bicyclic) bond motifs is 1. The van der Waals surface area contributed by atoms with Gasteiger partial charge in [-0.25, -0.2) is 18.6 Å². The first kappa shape index (κ1) is 17.6. The summed E-state index contributed by atoms with van der Waals surface area (Å²) in [4.78, 5) is 17.6. The highest BCUT2D eigenvalue weighted by Gasteiger charge is 2.27. The molecule has 0 atom stereocenters. The lowest BCUT2D eigenvalue weighted by Gasteiger charge is -2.10. The smallest absolute Gasteiger partial charge is 0.354 e. The van der Waals surface area contributed by atoms with Crippen LogP contribution in [-0.4, -0.2) is 14.5 Å². The van der Waals surface area contributed by atoms with Crippen molar-refractivity contribution in [2.24, 2.45) is 0 Å². The molecule has 0 saturated carbocycles. The number of halogens is 3. The molecule has 0 bridgehead atoms. The number of hydrogen-bond donors (Lipinski definition) is 1. The number of thiazole rings is 1. The third kappa shape index (κ3) is 3.07. The van der Waals surface area contributed by atoms with E-state index < -0.39 is 23.1 Å². The van der Waals surface area contributed by atoms with Gasteiger partial charge >= 0.3 is 5.56 Å². The Morgan fingerprint density at radius 3 is 2.78 bits per heavy atom. The van der Waals surface area contributed by atoms with E-state index in [0.717, 1.165) is 17.0 Å². The van der Waals surface area contributed by atoms with Crippen molar-refractivity contribution in [3.63, 3.8) is 0 Å². The topological polar surface area (TPSA) is 58.5 Å². The Balaban J connectivity index is 2.03. The third-order valence-electron chi connectivity index (χ3n) is 4.07. The van der Waals surface area contributed by atoms with Crippen molar-refractivity contribution in [1.82, 2.24) is 9.38 Å². The van der Waals surface area contributed by atoms with E-state index in [9.17, 15) is 18.7 Å². The predicted octanol–water partition coefficient (Wildman–Crippen LogP) is 3.40. The molecular formula is C18H11ClF2N3O2S+. The van der Waals surface area contributed by atoms with Crippen LogP contribution in [0, 0.1) is 11.6 Å². The first-order valence-electron chi connectivity index (χ1n) is 7.77. The van der Waals surface area contributed by atoms with Crippen molar-refractivity contribution < 1.29 is 18.5 Å². The predicted molar refractivity (Wildman–Crippen MR) is 97.1 cm³/mol. The highest BCUT2D eigenvalue weighted by Crippen LogP contribution is 2.27. The van der Waals surface area contributed by atoms with Gasteiger partial charge in [-0.3, -0.25) is 0 Å². The molecule has 1 aromatic carbocycles. The van der Waals surface area contributed by atoms with E-state index in [1.165, 1.54) is 26.5 Å². The van der Waals surface area contributed by atoms with Crippen molar-refractivity contribution >= 4 is 28.6 Å². The number of hydrogen-bond acceptors (Lipinski definition) is 4. The van der Waals surface area contributed by atoms with Crippen molar-refractivity contribution in [2.45, 2.75) is 6.54 Å². The monoisotopic (exact) mass is 406 g/mol. The van der Waals surface area contributed by atoms with Gasteiger partial charge in [0.25, 0.3) is 11.5 Å². The molecule has 0 aliphatic rings. The number of aromatic nitrogens is 3. The van der Waals surface area contributed by atoms with Crippen molar-refractivity contribution in [1.29, 1.82) is 0 Å². The van der Waals surface area contributed by atoms with Crippen LogP contribution in [0.3, 0.4) is 0 Å². The molecule has 3 heterocycles. The number of rotatable bonds is 3. The zero-order valence-electron chi connectivity index (χ0n) is 13.6. The highest BCUT2D eigenvalue weighted by molar-refractivity contribution is 7.15. The van der Waals surface area contributed by atoms with Gasteiger partial charge in [0, 0.05) is 23.9 Å². The molecule has 0 aliphatic carbocycles. The van der Waals surface area contributed by atoms with E-state index in [4.69, 9.17) is 11.6 Å². The van der Waals surface area contributed by atoms with Crippen molar-refractivity contribution in [3.05, 3.63) is 80.1 Å². The summed E-state index contributed by atoms with van der Waals surface area (Å²) in [7, 11) is 0. The molecular weight excluding hydrogens is 396 g/mol. The van der Waals surface area contributed by atoms with Gasteiger partial charge in [0.2, 0.25) is 0 Å². The molecule has 5 nitrogen and oxygen atoms in total. The molecule has 0 saturated heterocycles. The molecule has 0 radical (unpaired) electrons. The summed E-state index contributed by atoms with van der Waals surface area (Å²) in [5.74, 6) is -2.14. The Hall–Kier alpha value is -2.84. The second kappa shape index (κ2) is 6.71. The molecule has 3 aromatic heterocycles. The van der Waals surface area contributed by atoms with Crippen LogP contribution in [0.2, 0.25) is 4.47 Å². The zero-order chi connectivity index (χ0) is 19.1. The summed E-state index contributed by atoms with van der Waals surface area (Å²) in [6, 6.07) is 7.83. The number of nitrogens with zero attached hydrogens (tertiary/aromatic N) is 3. The molecule has 0 fully saturated rings. The van der Waals surface area contributed by atoms with E-state index in [1.807, 2.05) is 0 Å². The fourth-order valence-corrected chi connectivity index (χ4v) is 3.85. The molecule has 0 aliphatic heterocycles. The van der Waals surface area contributed by atoms with Gasteiger partial charge < -0.3 is 5.11 Å². The van der Waals surface area contributed by atoms with Crippen LogP contribution >= 0.6 is 22.9 Å². The third-order valence-corrected chi connectivity index (χ3v) is 5.17. The maximum atomic E-state index is 14.3. The van der Waals surface area contributed by atoms with Gasteiger partial charge in [-0.15, -0.1) is 11.3 Å². The highest BCUT2D eigenvalue weighted by atomic mass is 35.5. The van der Waals surface area contributed by atoms with Gasteiger partial charge in [0.05, 0.1) is 11.1 Å². The largest absolute Gasteiger partial charge is 0.477 e. The maximum absolute atomic E-state index is 14.3. The van der Waals surface area contributed by atoms with Crippen molar-refractivity contribution in [3.8, 4) is 17.0 Å². The van der Waals surface area contributed by atoms with E-state index in [0.29, 0.717) is 16.2 Å². The molecule has 4 aromatic rings. The van der Waals surface area contributed by atoms with Gasteiger partial charge in [-0.2, -0.15) is 8.97 Å². The molecule has 0 spiro atoms. The fourth-order valence-electron chi connectivity index (χ4n) is 2.88. The van der Waals surface area contributed by atoms with Crippen LogP contribution in [0.1, 0.15) is 4.88 Å². The number of pyridine rings is 1. The molecule has 4 rings (SSSR count). The SMILES string of the molecule is O=c1c(-c2ccc(F)cc2F)c(O)[n+](Cc2cnc(Cl)s2)c2ccccn12. The van der Waals surface area contributed by atoms with Crippen LogP contribution < -0.4 is 10.1 Å². The second-order valence-electron chi connectivity index (χ2n) is 5.72. The second-order valence-corrected chi connectivity index (χ2v) is 7.42. The molecule has 0 amide bonds. The Morgan fingerprint density at radius 1 is 1.26 bits per heavy atom. The summed E-state index contributed by atoms with van der Waals surface area (Å²) in [5, 5.41) is 10.8. The van der Waals surface area contributed by atoms with E-state index >= 15 is 0 Å². The zero-order valence-corrected chi connectivity index (χ0v) is 15.1. The number of aromatic hydroxyl groups is 1. The minimum absolute atomic E-state index is 0.166. The standard InChI is InChI=1S/C18H10ClF2N3O2S/c19-18-22-8-11(27-18)9-24-14-3-1-2-6-23(14)16(25)15(17(24)26)12-5-4-10(20)7-13(12)21/h1-8H,9H2/p+1. The summed E-state index contributed by atoms with van der Waals surface area (Å²) in [6.45, 7) is 0.166. The summed E-state index contributed by atoms with van der Waals surface area (Å²) in [6.07, 6.45) is 3.07. The quantitative estimate of drug-likeness (QED) is 0.530. The van der Waals surface area contributed by atoms with E-state index in [-0.39, 0.29) is 17.7 Å². The minimum Gasteiger partial charge on any atom is -0.477 e. The fraction of sp³-hybridized carbons (Fsp3) is 0.0556. The average Bonchev–Trinajstić information content (AvgIpc) is 3.05. The lowest BCUT2D eigenvalue weighted by molar-refractivity contribution is -0.671. The Kier molecular flexibility index (Phi) is 4.37. The van der Waals surface area contributed by atoms with Crippen LogP contribution in [-0.2, 0) is 6.54 Å². The van der Waals surface area contributed by atoms with Crippen LogP contribution in [0.4, 0.5) is 8.78 Å². The van der Waals surface area contributed by atoms with Crippen LogP contribution in [0.25, 0.3) is 16.8 Å². The lowest BCUT2D eigenvalue weighted by atomic mass is 10.1. The average molecular weight is 407 g/mol. The van der Waals surface area contributed by atoms with Crippen LogP contribution in [0.5, 0.6) is 5.88 Å². The Bertz CT molecular complexity index is 1240. The maximum Gasteiger partial charge on any atom is 0.354 e. The molecule has 27 heavy (non-hydrogen) atoms. The number of benzene rings is 1. The normalized spacial score (nSPS) is 11.2. The Labute approximate surface area is 160 Å². The molecule has 0 unspecified atom stereocenters. The first-order chi connectivity index (χ1) is 13.0.